The number of anilines is 1. The first-order chi connectivity index (χ1) is 14.2. The zero-order valence-electron chi connectivity index (χ0n) is 16.5. The van der Waals surface area contributed by atoms with E-state index in [2.05, 4.69) is 45.6 Å². The van der Waals surface area contributed by atoms with Crippen LogP contribution in [0.4, 0.5) is 5.82 Å². The Hall–Kier alpha value is -3.73. The molecule has 2 aromatic carbocycles. The summed E-state index contributed by atoms with van der Waals surface area (Å²) in [5, 5.41) is 3.43. The van der Waals surface area contributed by atoms with Crippen molar-refractivity contribution < 1.29 is 4.74 Å². The van der Waals surface area contributed by atoms with Gasteiger partial charge in [-0.15, -0.1) is 0 Å². The van der Waals surface area contributed by atoms with Gasteiger partial charge in [-0.25, -0.2) is 9.97 Å². The number of pyridine rings is 1. The van der Waals surface area contributed by atoms with Gasteiger partial charge in [0, 0.05) is 30.7 Å². The molecule has 0 aliphatic rings. The lowest BCUT2D eigenvalue weighted by atomic mass is 10.1. The number of nitrogens with one attached hydrogen (secondary N) is 1. The van der Waals surface area contributed by atoms with Crippen LogP contribution in [0.15, 0.2) is 79.3 Å². The monoisotopic (exact) mass is 382 g/mol. The molecule has 4 aromatic rings. The zero-order chi connectivity index (χ0) is 20.1. The van der Waals surface area contributed by atoms with E-state index in [1.807, 2.05) is 49.6 Å². The van der Waals surface area contributed by atoms with Gasteiger partial charge < -0.3 is 10.1 Å². The molecule has 0 saturated carbocycles. The van der Waals surface area contributed by atoms with Gasteiger partial charge in [0.25, 0.3) is 0 Å². The minimum atomic E-state index is 0.641. The maximum Gasteiger partial charge on any atom is 0.165 e. The number of hydrogen-bond acceptors (Lipinski definition) is 5. The summed E-state index contributed by atoms with van der Waals surface area (Å²) in [6, 6.07) is 20.2. The topological polar surface area (TPSA) is 59.9 Å². The summed E-state index contributed by atoms with van der Waals surface area (Å²) in [4.78, 5) is 13.4. The van der Waals surface area contributed by atoms with E-state index in [4.69, 9.17) is 9.72 Å². The highest BCUT2D eigenvalue weighted by molar-refractivity contribution is 5.66. The van der Waals surface area contributed by atoms with Crippen LogP contribution >= 0.6 is 0 Å². The molecule has 0 amide bonds. The van der Waals surface area contributed by atoms with E-state index in [1.54, 1.807) is 13.3 Å². The minimum absolute atomic E-state index is 0.641. The van der Waals surface area contributed by atoms with Gasteiger partial charge >= 0.3 is 0 Å². The van der Waals surface area contributed by atoms with Crippen molar-refractivity contribution in [3.63, 3.8) is 0 Å². The lowest BCUT2D eigenvalue weighted by Gasteiger charge is -2.12. The number of aryl methyl sites for hydroxylation is 1. The lowest BCUT2D eigenvalue weighted by Crippen LogP contribution is -2.05. The predicted molar refractivity (Wildman–Crippen MR) is 116 cm³/mol. The third-order valence-corrected chi connectivity index (χ3v) is 4.73. The van der Waals surface area contributed by atoms with Gasteiger partial charge in [-0.1, -0.05) is 42.5 Å². The number of methoxy groups -OCH3 is 1. The van der Waals surface area contributed by atoms with E-state index < -0.39 is 0 Å². The summed E-state index contributed by atoms with van der Waals surface area (Å²) in [6.45, 7) is 2.68. The van der Waals surface area contributed by atoms with E-state index in [1.165, 1.54) is 5.56 Å². The molecule has 4 rings (SSSR count). The Labute approximate surface area is 170 Å². The predicted octanol–water partition coefficient (Wildman–Crippen LogP) is 5.13. The van der Waals surface area contributed by atoms with Crippen LogP contribution in [0.5, 0.6) is 5.75 Å². The van der Waals surface area contributed by atoms with Crippen molar-refractivity contribution in [2.45, 2.75) is 13.5 Å². The molecule has 1 N–H and O–H groups in total. The number of aromatic nitrogens is 3. The standard InChI is InChI=1S/C24H22N4O/c1-17-14-26-24(21-7-3-4-8-22(21)29-2)28-23(17)27-15-18-9-11-19(12-10-18)20-6-5-13-25-16-20/h3-14,16H,15H2,1-2H3,(H,26,27,28). The van der Waals surface area contributed by atoms with Crippen molar-refractivity contribution in [3.8, 4) is 28.3 Å². The highest BCUT2D eigenvalue weighted by Crippen LogP contribution is 2.28. The zero-order valence-corrected chi connectivity index (χ0v) is 16.5. The maximum absolute atomic E-state index is 5.44. The number of ether oxygens (including phenoxy) is 1. The average molecular weight is 382 g/mol. The Morgan fingerprint density at radius 2 is 1.72 bits per heavy atom. The smallest absolute Gasteiger partial charge is 0.165 e. The second-order valence-electron chi connectivity index (χ2n) is 6.72. The summed E-state index contributed by atoms with van der Waals surface area (Å²) < 4.78 is 5.44. The number of nitrogens with zero attached hydrogens (tertiary/aromatic N) is 3. The van der Waals surface area contributed by atoms with E-state index in [0.29, 0.717) is 12.4 Å². The van der Waals surface area contributed by atoms with Crippen molar-refractivity contribution in [2.75, 3.05) is 12.4 Å². The molecule has 0 spiro atoms. The number of rotatable bonds is 6. The van der Waals surface area contributed by atoms with E-state index >= 15 is 0 Å². The van der Waals surface area contributed by atoms with Crippen LogP contribution in [0.25, 0.3) is 22.5 Å². The molecule has 0 fully saturated rings. The first kappa shape index (κ1) is 18.6. The molecule has 144 valence electrons. The Morgan fingerprint density at radius 1 is 0.897 bits per heavy atom. The van der Waals surface area contributed by atoms with Gasteiger partial charge in [0.15, 0.2) is 5.82 Å². The quantitative estimate of drug-likeness (QED) is 0.501. The van der Waals surface area contributed by atoms with E-state index in [9.17, 15) is 0 Å². The molecule has 2 aromatic heterocycles. The van der Waals surface area contributed by atoms with Crippen molar-refractivity contribution >= 4 is 5.82 Å². The van der Waals surface area contributed by atoms with Crippen molar-refractivity contribution in [1.29, 1.82) is 0 Å². The van der Waals surface area contributed by atoms with Crippen LogP contribution in [-0.4, -0.2) is 22.1 Å². The lowest BCUT2D eigenvalue weighted by molar-refractivity contribution is 0.416. The number of hydrogen-bond donors (Lipinski definition) is 1. The van der Waals surface area contributed by atoms with Crippen molar-refractivity contribution in [2.24, 2.45) is 0 Å². The van der Waals surface area contributed by atoms with Crippen molar-refractivity contribution in [3.05, 3.63) is 90.4 Å². The summed E-state index contributed by atoms with van der Waals surface area (Å²) in [6.07, 6.45) is 5.49. The number of benzene rings is 2. The second kappa shape index (κ2) is 8.52. The molecule has 29 heavy (non-hydrogen) atoms. The Morgan fingerprint density at radius 3 is 2.48 bits per heavy atom. The summed E-state index contributed by atoms with van der Waals surface area (Å²) in [5.74, 6) is 2.22. The third-order valence-electron chi connectivity index (χ3n) is 4.73. The first-order valence-corrected chi connectivity index (χ1v) is 9.45. The Kier molecular flexibility index (Phi) is 5.47. The van der Waals surface area contributed by atoms with E-state index in [-0.39, 0.29) is 0 Å². The fourth-order valence-corrected chi connectivity index (χ4v) is 3.11. The summed E-state index contributed by atoms with van der Waals surface area (Å²) in [5.41, 5.74) is 5.31. The fraction of sp³-hybridized carbons (Fsp3) is 0.125. The highest BCUT2D eigenvalue weighted by Gasteiger charge is 2.10. The average Bonchev–Trinajstić information content (AvgIpc) is 2.79. The molecule has 0 atom stereocenters. The van der Waals surface area contributed by atoms with Crippen LogP contribution in [0, 0.1) is 6.92 Å². The third kappa shape index (κ3) is 4.24. The van der Waals surface area contributed by atoms with Gasteiger partial charge in [0.1, 0.15) is 11.6 Å². The van der Waals surface area contributed by atoms with Gasteiger partial charge in [0.2, 0.25) is 0 Å². The van der Waals surface area contributed by atoms with Gasteiger partial charge in [0.05, 0.1) is 12.7 Å². The van der Waals surface area contributed by atoms with Gasteiger partial charge in [-0.3, -0.25) is 4.98 Å². The summed E-state index contributed by atoms with van der Waals surface area (Å²) >= 11 is 0. The van der Waals surface area contributed by atoms with E-state index in [0.717, 1.165) is 33.8 Å². The largest absolute Gasteiger partial charge is 0.496 e. The molecule has 5 nitrogen and oxygen atoms in total. The molecule has 0 radical (unpaired) electrons. The van der Waals surface area contributed by atoms with Crippen LogP contribution in [0.2, 0.25) is 0 Å². The minimum Gasteiger partial charge on any atom is -0.496 e. The SMILES string of the molecule is COc1ccccc1-c1ncc(C)c(NCc2ccc(-c3cccnc3)cc2)n1. The molecule has 0 saturated heterocycles. The number of para-hydroxylation sites is 1. The molecular formula is C24H22N4O. The van der Waals surface area contributed by atoms with Gasteiger partial charge in [-0.2, -0.15) is 0 Å². The van der Waals surface area contributed by atoms with Crippen LogP contribution in [0.3, 0.4) is 0 Å². The fourth-order valence-electron chi connectivity index (χ4n) is 3.11. The normalized spacial score (nSPS) is 10.6. The van der Waals surface area contributed by atoms with Gasteiger partial charge in [-0.05, 0) is 41.8 Å². The van der Waals surface area contributed by atoms with Crippen LogP contribution in [-0.2, 0) is 6.54 Å². The molecule has 0 aliphatic heterocycles. The molecule has 0 bridgehead atoms. The van der Waals surface area contributed by atoms with Crippen molar-refractivity contribution in [1.82, 2.24) is 15.0 Å². The highest BCUT2D eigenvalue weighted by atomic mass is 16.5. The molecule has 5 heteroatoms. The molecule has 0 aliphatic carbocycles. The molecular weight excluding hydrogens is 360 g/mol. The van der Waals surface area contributed by atoms with Crippen LogP contribution < -0.4 is 10.1 Å². The second-order valence-corrected chi connectivity index (χ2v) is 6.72. The molecule has 0 unspecified atom stereocenters. The first-order valence-electron chi connectivity index (χ1n) is 9.45. The Balaban J connectivity index is 1.51. The molecule has 2 heterocycles. The Bertz CT molecular complexity index is 1100. The van der Waals surface area contributed by atoms with Crippen LogP contribution in [0.1, 0.15) is 11.1 Å². The summed E-state index contributed by atoms with van der Waals surface area (Å²) in [7, 11) is 1.65. The maximum atomic E-state index is 5.44.